The zero-order chi connectivity index (χ0) is 32.3. The smallest absolute Gasteiger partial charge is 0.267 e. The van der Waals surface area contributed by atoms with Gasteiger partial charge in [-0.05, 0) is 52.7 Å². The largest absolute Gasteiger partial charge is 0.510 e. The molecule has 10 nitrogen and oxygen atoms in total. The Balaban J connectivity index is 1.49. The van der Waals surface area contributed by atoms with E-state index in [1.807, 2.05) is 21.1 Å². The standard InChI is InChI=1S/C35H34FN5O5/c1-38(2)11-7-6-10-37-29-26(36)16-24-30-34(29)46-28-18-23-22(31(42)20-8-4-5-9-21(20)32(23)43)17-27(28)41(30)19-25(33(24)44)35(45)40-14-12-39(3)13-15-40/h4-5,8-9,16-19,25H,6-7,10-15H2,1-3H3/p+1. The molecule has 3 heterocycles. The molecule has 46 heavy (non-hydrogen) atoms. The Morgan fingerprint density at radius 3 is 2.37 bits per heavy atom. The minimum absolute atomic E-state index is 0.00485. The van der Waals surface area contributed by atoms with Crippen LogP contribution in [0.25, 0.3) is 16.9 Å². The molecule has 2 aromatic carbocycles. The van der Waals surface area contributed by atoms with Crippen LogP contribution in [0.2, 0.25) is 0 Å². The van der Waals surface area contributed by atoms with Crippen LogP contribution in [-0.2, 0) is 4.79 Å². The molecule has 0 bridgehead atoms. The number of rotatable bonds is 6. The van der Waals surface area contributed by atoms with Crippen molar-refractivity contribution in [2.45, 2.75) is 12.8 Å². The van der Waals surface area contributed by atoms with Crippen LogP contribution in [0.15, 0.2) is 51.9 Å². The van der Waals surface area contributed by atoms with Gasteiger partial charge in [0.2, 0.25) is 11.3 Å². The molecule has 2 aromatic rings. The van der Waals surface area contributed by atoms with Gasteiger partial charge < -0.3 is 24.2 Å². The van der Waals surface area contributed by atoms with E-state index in [0.29, 0.717) is 54.7 Å². The second-order valence-corrected chi connectivity index (χ2v) is 12.5. The molecular weight excluding hydrogens is 589 g/mol. The Labute approximate surface area is 263 Å². The molecule has 7 rings (SSSR count). The van der Waals surface area contributed by atoms with Gasteiger partial charge in [0.1, 0.15) is 11.1 Å². The predicted molar refractivity (Wildman–Crippen MR) is 166 cm³/mol. The number of aliphatic hydroxyl groups is 1. The monoisotopic (exact) mass is 624 g/mol. The molecule has 11 heteroatoms. The summed E-state index contributed by atoms with van der Waals surface area (Å²) < 4.78 is 23.9. The number of carbonyl (C=O) groups excluding carboxylic acids is 3. The van der Waals surface area contributed by atoms with E-state index >= 15 is 4.39 Å². The van der Waals surface area contributed by atoms with Crippen molar-refractivity contribution < 1.29 is 32.5 Å². The zero-order valence-corrected chi connectivity index (χ0v) is 26.0. The number of fused-ring (bicyclic) bond motifs is 4. The molecule has 1 saturated heterocycles. The molecular formula is C35H35FN5O5+. The highest BCUT2D eigenvalue weighted by Crippen LogP contribution is 2.30. The first-order valence-corrected chi connectivity index (χ1v) is 15.5. The summed E-state index contributed by atoms with van der Waals surface area (Å²) in [5.74, 6) is -3.00. The third-order valence-corrected chi connectivity index (χ3v) is 9.13. The Hall–Kier alpha value is -4.74. The number of amides is 1. The van der Waals surface area contributed by atoms with Crippen LogP contribution in [0, 0.1) is 28.7 Å². The molecule has 0 saturated carbocycles. The van der Waals surface area contributed by atoms with Gasteiger partial charge in [0.25, 0.3) is 10.9 Å². The zero-order valence-electron chi connectivity index (χ0n) is 26.0. The fourth-order valence-corrected chi connectivity index (χ4v) is 6.58. The van der Waals surface area contributed by atoms with E-state index in [9.17, 15) is 19.5 Å². The Kier molecular flexibility index (Phi) is 7.53. The number of unbranched alkanes of at least 4 members (excludes halogenated alkanes) is 1. The lowest BCUT2D eigenvalue weighted by atomic mass is 9.84. The number of hydrogen-bond donors (Lipinski definition) is 1. The molecule has 1 atom stereocenters. The van der Waals surface area contributed by atoms with Crippen LogP contribution in [0.4, 0.5) is 4.39 Å². The maximum absolute atomic E-state index is 15.9. The van der Waals surface area contributed by atoms with Crippen LogP contribution in [0.1, 0.15) is 44.7 Å². The maximum atomic E-state index is 15.9. The van der Waals surface area contributed by atoms with Crippen molar-refractivity contribution in [3.63, 3.8) is 0 Å². The first-order valence-electron chi connectivity index (χ1n) is 15.5. The molecule has 3 aliphatic heterocycles. The van der Waals surface area contributed by atoms with E-state index in [0.717, 1.165) is 19.4 Å². The van der Waals surface area contributed by atoms with Gasteiger partial charge in [0, 0.05) is 61.0 Å². The highest BCUT2D eigenvalue weighted by atomic mass is 19.1. The summed E-state index contributed by atoms with van der Waals surface area (Å²) in [5.41, 5.74) is 1.71. The second-order valence-electron chi connectivity index (χ2n) is 12.5. The summed E-state index contributed by atoms with van der Waals surface area (Å²) in [6.45, 7) is 3.59. The quantitative estimate of drug-likeness (QED) is 0.226. The van der Waals surface area contributed by atoms with E-state index in [2.05, 4.69) is 14.8 Å². The van der Waals surface area contributed by atoms with Gasteiger partial charge in [-0.1, -0.05) is 24.3 Å². The molecule has 0 radical (unpaired) electrons. The first kappa shape index (κ1) is 29.9. The summed E-state index contributed by atoms with van der Waals surface area (Å²) in [7, 11) is 5.96. The molecule has 1 unspecified atom stereocenters. The van der Waals surface area contributed by atoms with E-state index in [-0.39, 0.29) is 55.9 Å². The summed E-state index contributed by atoms with van der Waals surface area (Å²) in [6, 6.07) is 11.0. The van der Waals surface area contributed by atoms with Gasteiger partial charge in [-0.2, -0.15) is 4.24 Å². The van der Waals surface area contributed by atoms with Crippen LogP contribution < -0.4 is 14.8 Å². The average Bonchev–Trinajstić information content (AvgIpc) is 3.05. The molecule has 236 valence electrons. The topological polar surface area (TPSA) is 113 Å². The van der Waals surface area contributed by atoms with Gasteiger partial charge >= 0.3 is 0 Å². The fraction of sp³-hybridized carbons (Fsp3) is 0.343. The van der Waals surface area contributed by atoms with Crippen molar-refractivity contribution in [1.82, 2.24) is 14.7 Å². The molecule has 1 fully saturated rings. The number of halogens is 1. The molecule has 0 spiro atoms. The Bertz CT molecular complexity index is 2220. The van der Waals surface area contributed by atoms with E-state index in [1.54, 1.807) is 45.7 Å². The van der Waals surface area contributed by atoms with Crippen LogP contribution >= 0.6 is 0 Å². The van der Waals surface area contributed by atoms with Gasteiger partial charge in [0.15, 0.2) is 35.1 Å². The lowest BCUT2D eigenvalue weighted by molar-refractivity contribution is -0.499. The molecule has 5 aliphatic rings. The van der Waals surface area contributed by atoms with Crippen molar-refractivity contribution in [1.29, 1.82) is 0 Å². The SMILES string of the molecule is CN(C)CCCCN=c1c(F)cc2c3[n+](c4cc5c(cc4oc1=3)C(=O)c1ccccc1C5=O)=CC(C(=O)N1CCN(C)CC1)C=2O. The number of nitrogens with zero attached hydrogens (tertiary/aromatic N) is 5. The summed E-state index contributed by atoms with van der Waals surface area (Å²) >= 11 is 0. The number of benzene rings is 2. The normalized spacial score (nSPS) is 18.4. The lowest BCUT2D eigenvalue weighted by Crippen LogP contribution is -2.51. The number of aromatic nitrogens is 1. The highest BCUT2D eigenvalue weighted by Gasteiger charge is 2.37. The Morgan fingerprint density at radius 2 is 1.70 bits per heavy atom. The third kappa shape index (κ3) is 4.90. The summed E-state index contributed by atoms with van der Waals surface area (Å²) in [4.78, 5) is 51.5. The van der Waals surface area contributed by atoms with E-state index in [1.165, 1.54) is 12.1 Å². The molecule has 0 aromatic heterocycles. The summed E-state index contributed by atoms with van der Waals surface area (Å²) in [5, 5.41) is 12.0. The van der Waals surface area contributed by atoms with E-state index in [4.69, 9.17) is 4.42 Å². The van der Waals surface area contributed by atoms with Crippen molar-refractivity contribution in [2.24, 2.45) is 10.9 Å². The Morgan fingerprint density at radius 1 is 1.02 bits per heavy atom. The third-order valence-electron chi connectivity index (χ3n) is 9.13. The highest BCUT2D eigenvalue weighted by molar-refractivity contribution is 6.29. The van der Waals surface area contributed by atoms with Gasteiger partial charge in [0.05, 0.1) is 5.22 Å². The van der Waals surface area contributed by atoms with Gasteiger partial charge in [-0.15, -0.1) is 0 Å². The number of hydrogen-bond acceptors (Lipinski definition) is 8. The van der Waals surface area contributed by atoms with E-state index < -0.39 is 11.7 Å². The van der Waals surface area contributed by atoms with Crippen molar-refractivity contribution in [3.05, 3.63) is 98.1 Å². The second kappa shape index (κ2) is 11.6. The predicted octanol–water partition coefficient (Wildman–Crippen LogP) is 1.68. The number of ketones is 2. The van der Waals surface area contributed by atoms with Crippen LogP contribution in [0.5, 0.6) is 0 Å². The summed E-state index contributed by atoms with van der Waals surface area (Å²) in [6.07, 6.45) is 3.19. The first-order chi connectivity index (χ1) is 22.1. The van der Waals surface area contributed by atoms with Crippen LogP contribution in [-0.4, -0.2) is 97.7 Å². The maximum Gasteiger partial charge on any atom is 0.267 e. The van der Waals surface area contributed by atoms with Gasteiger partial charge in [-0.25, -0.2) is 4.39 Å². The molecule has 1 amide bonds. The minimum atomic E-state index is -1.10. The van der Waals surface area contributed by atoms with Crippen molar-refractivity contribution in [2.75, 3.05) is 60.4 Å². The van der Waals surface area contributed by atoms with Crippen molar-refractivity contribution in [3.8, 4) is 0 Å². The number of likely N-dealkylation sites (N-methyl/N-ethyl adjacent to an activating group) is 1. The number of piperazine rings is 1. The molecule has 1 N–H and O–H groups in total. The molecule has 2 aliphatic carbocycles. The van der Waals surface area contributed by atoms with Crippen molar-refractivity contribution >= 4 is 34.3 Å². The minimum Gasteiger partial charge on any atom is -0.510 e. The van der Waals surface area contributed by atoms with Crippen LogP contribution in [0.3, 0.4) is 0 Å². The average molecular weight is 625 g/mol. The fourth-order valence-electron chi connectivity index (χ4n) is 6.58. The lowest BCUT2D eigenvalue weighted by Gasteiger charge is -2.33. The number of aliphatic hydroxyl groups excluding tert-OH is 1. The van der Waals surface area contributed by atoms with Gasteiger partial charge in [-0.3, -0.25) is 19.4 Å². The number of carbonyl (C=O) groups is 3.